The van der Waals surface area contributed by atoms with Crippen molar-refractivity contribution in [2.24, 2.45) is 5.10 Å². The van der Waals surface area contributed by atoms with E-state index in [0.717, 1.165) is 52.9 Å². The number of halogens is 2. The van der Waals surface area contributed by atoms with Crippen molar-refractivity contribution in [2.75, 3.05) is 0 Å². The van der Waals surface area contributed by atoms with Gasteiger partial charge in [-0.1, -0.05) is 65.0 Å². The molecule has 0 N–H and O–H groups in total. The van der Waals surface area contributed by atoms with Crippen LogP contribution in [0, 0.1) is 0 Å². The normalized spacial score (nSPS) is 14.6. The summed E-state index contributed by atoms with van der Waals surface area (Å²) in [4.78, 5) is 18.3. The van der Waals surface area contributed by atoms with E-state index in [2.05, 4.69) is 21.0 Å². The quantitative estimate of drug-likeness (QED) is 0.236. The van der Waals surface area contributed by atoms with E-state index in [4.69, 9.17) is 21.3 Å². The predicted molar refractivity (Wildman–Crippen MR) is 145 cm³/mol. The molecule has 7 heteroatoms. The highest BCUT2D eigenvalue weighted by molar-refractivity contribution is 9.10. The second-order valence-electron chi connectivity index (χ2n) is 8.78. The van der Waals surface area contributed by atoms with E-state index in [-0.39, 0.29) is 11.5 Å². The van der Waals surface area contributed by atoms with Gasteiger partial charge in [0.1, 0.15) is 18.2 Å². The zero-order valence-electron chi connectivity index (χ0n) is 19.2. The summed E-state index contributed by atoms with van der Waals surface area (Å²) in [6.07, 6.45) is 7.30. The Morgan fingerprint density at radius 3 is 2.60 bits per heavy atom. The molecule has 3 aromatic carbocycles. The van der Waals surface area contributed by atoms with Crippen LogP contribution in [0.15, 0.2) is 81.1 Å². The van der Waals surface area contributed by atoms with Gasteiger partial charge in [-0.05, 0) is 66.9 Å². The van der Waals surface area contributed by atoms with Crippen LogP contribution in [0.2, 0.25) is 5.02 Å². The van der Waals surface area contributed by atoms with Crippen LogP contribution in [0.4, 0.5) is 0 Å². The Morgan fingerprint density at radius 1 is 1.06 bits per heavy atom. The van der Waals surface area contributed by atoms with Gasteiger partial charge < -0.3 is 4.74 Å². The molecule has 1 fully saturated rings. The van der Waals surface area contributed by atoms with Crippen LogP contribution in [-0.4, -0.2) is 15.9 Å². The highest BCUT2D eigenvalue weighted by Crippen LogP contribution is 2.32. The second-order valence-corrected chi connectivity index (χ2v) is 10.1. The molecule has 1 heterocycles. The van der Waals surface area contributed by atoms with Gasteiger partial charge in [-0.2, -0.15) is 9.78 Å². The molecule has 0 amide bonds. The topological polar surface area (TPSA) is 56.5 Å². The summed E-state index contributed by atoms with van der Waals surface area (Å²) in [7, 11) is 0. The van der Waals surface area contributed by atoms with Crippen LogP contribution in [0.5, 0.6) is 5.75 Å². The minimum atomic E-state index is -0.146. The number of benzene rings is 3. The van der Waals surface area contributed by atoms with Gasteiger partial charge >= 0.3 is 0 Å². The lowest BCUT2D eigenvalue weighted by molar-refractivity contribution is 0.306. The second kappa shape index (κ2) is 10.8. The molecule has 1 aliphatic carbocycles. The standard InChI is InChI=1S/C28H25BrClN3O2/c29-22-12-15-26-24(16-22)28(34)33(27(32-26)20-6-2-1-3-7-20)31-17-19-10-13-23(14-11-19)35-18-21-8-4-5-9-25(21)30/h4-5,8-17,20H,1-3,6-7,18H2. The fraction of sp³-hybridized carbons (Fsp3) is 0.250. The molecule has 5 nitrogen and oxygen atoms in total. The number of rotatable bonds is 6. The van der Waals surface area contributed by atoms with Crippen LogP contribution in [-0.2, 0) is 6.61 Å². The number of hydrogen-bond donors (Lipinski definition) is 0. The first-order valence-electron chi connectivity index (χ1n) is 11.8. The summed E-state index contributed by atoms with van der Waals surface area (Å²) in [5.74, 6) is 1.72. The van der Waals surface area contributed by atoms with Gasteiger partial charge in [-0.25, -0.2) is 4.98 Å². The molecule has 0 atom stereocenters. The van der Waals surface area contributed by atoms with E-state index in [1.54, 1.807) is 6.21 Å². The van der Waals surface area contributed by atoms with Gasteiger partial charge in [0.05, 0.1) is 17.1 Å². The summed E-state index contributed by atoms with van der Waals surface area (Å²) in [6.45, 7) is 0.394. The maximum atomic E-state index is 13.4. The maximum Gasteiger partial charge on any atom is 0.282 e. The average molecular weight is 551 g/mol. The molecule has 35 heavy (non-hydrogen) atoms. The zero-order valence-corrected chi connectivity index (χ0v) is 21.5. The molecule has 0 radical (unpaired) electrons. The van der Waals surface area contributed by atoms with E-state index in [0.29, 0.717) is 22.5 Å². The summed E-state index contributed by atoms with van der Waals surface area (Å²) in [5.41, 5.74) is 2.37. The Balaban J connectivity index is 1.41. The van der Waals surface area contributed by atoms with Crippen molar-refractivity contribution in [3.05, 3.63) is 104 Å². The van der Waals surface area contributed by atoms with Gasteiger partial charge in [0, 0.05) is 21.0 Å². The number of fused-ring (bicyclic) bond motifs is 1. The highest BCUT2D eigenvalue weighted by atomic mass is 79.9. The van der Waals surface area contributed by atoms with Crippen molar-refractivity contribution < 1.29 is 4.74 Å². The molecule has 0 aliphatic heterocycles. The summed E-state index contributed by atoms with van der Waals surface area (Å²) < 4.78 is 8.21. The molecule has 1 aromatic heterocycles. The molecule has 1 saturated carbocycles. The number of aromatic nitrogens is 2. The third-order valence-corrected chi connectivity index (χ3v) is 7.22. The van der Waals surface area contributed by atoms with Crippen LogP contribution in [0.3, 0.4) is 0 Å². The highest BCUT2D eigenvalue weighted by Gasteiger charge is 2.22. The monoisotopic (exact) mass is 549 g/mol. The van der Waals surface area contributed by atoms with Gasteiger partial charge in [0.15, 0.2) is 0 Å². The lowest BCUT2D eigenvalue weighted by Crippen LogP contribution is -2.25. The van der Waals surface area contributed by atoms with Crippen LogP contribution in [0.25, 0.3) is 10.9 Å². The number of ether oxygens (including phenoxy) is 1. The first kappa shape index (κ1) is 23.8. The van der Waals surface area contributed by atoms with Crippen molar-refractivity contribution in [3.63, 3.8) is 0 Å². The Morgan fingerprint density at radius 2 is 1.83 bits per heavy atom. The lowest BCUT2D eigenvalue weighted by atomic mass is 9.88. The van der Waals surface area contributed by atoms with Crippen molar-refractivity contribution in [2.45, 2.75) is 44.6 Å². The van der Waals surface area contributed by atoms with E-state index >= 15 is 0 Å². The van der Waals surface area contributed by atoms with Gasteiger partial charge in [0.2, 0.25) is 0 Å². The van der Waals surface area contributed by atoms with Crippen molar-refractivity contribution in [1.82, 2.24) is 9.66 Å². The summed E-state index contributed by atoms with van der Waals surface area (Å²) >= 11 is 9.68. The van der Waals surface area contributed by atoms with E-state index in [1.165, 1.54) is 11.1 Å². The van der Waals surface area contributed by atoms with E-state index in [1.807, 2.05) is 66.7 Å². The van der Waals surface area contributed by atoms with Crippen LogP contribution >= 0.6 is 27.5 Å². The molecule has 5 rings (SSSR count). The van der Waals surface area contributed by atoms with Crippen molar-refractivity contribution >= 4 is 44.6 Å². The zero-order chi connectivity index (χ0) is 24.2. The van der Waals surface area contributed by atoms with Crippen LogP contribution < -0.4 is 10.3 Å². The first-order valence-corrected chi connectivity index (χ1v) is 13.0. The molecular weight excluding hydrogens is 526 g/mol. The minimum Gasteiger partial charge on any atom is -0.489 e. The molecular formula is C28H25BrClN3O2. The smallest absolute Gasteiger partial charge is 0.282 e. The first-order chi connectivity index (χ1) is 17.1. The van der Waals surface area contributed by atoms with Gasteiger partial charge in [0.25, 0.3) is 5.56 Å². The SMILES string of the molecule is O=c1c2cc(Br)ccc2nc(C2CCCCC2)n1N=Cc1ccc(OCc2ccccc2Cl)cc1. The molecule has 178 valence electrons. The van der Waals surface area contributed by atoms with Crippen LogP contribution in [0.1, 0.15) is 55.0 Å². The van der Waals surface area contributed by atoms with Crippen molar-refractivity contribution in [1.29, 1.82) is 0 Å². The molecule has 0 bridgehead atoms. The predicted octanol–water partition coefficient (Wildman–Crippen LogP) is 7.32. The summed E-state index contributed by atoms with van der Waals surface area (Å²) in [6, 6.07) is 20.9. The molecule has 0 unspecified atom stereocenters. The van der Waals surface area contributed by atoms with E-state index < -0.39 is 0 Å². The lowest BCUT2D eigenvalue weighted by Gasteiger charge is -2.22. The third kappa shape index (κ3) is 5.49. The third-order valence-electron chi connectivity index (χ3n) is 6.36. The van der Waals surface area contributed by atoms with Crippen molar-refractivity contribution in [3.8, 4) is 5.75 Å². The Bertz CT molecular complexity index is 1430. The molecule has 0 spiro atoms. The number of nitrogens with zero attached hydrogens (tertiary/aromatic N) is 3. The fourth-order valence-corrected chi connectivity index (χ4v) is 5.00. The molecule has 1 aliphatic rings. The average Bonchev–Trinajstić information content (AvgIpc) is 2.89. The Hall–Kier alpha value is -2.96. The fourth-order valence-electron chi connectivity index (χ4n) is 4.45. The number of hydrogen-bond acceptors (Lipinski definition) is 4. The minimum absolute atomic E-state index is 0.146. The molecule has 0 saturated heterocycles. The largest absolute Gasteiger partial charge is 0.489 e. The summed E-state index contributed by atoms with van der Waals surface area (Å²) in [5, 5.41) is 5.85. The maximum absolute atomic E-state index is 13.4. The van der Waals surface area contributed by atoms with Gasteiger partial charge in [-0.15, -0.1) is 0 Å². The molecule has 4 aromatic rings. The Labute approximate surface area is 217 Å². The van der Waals surface area contributed by atoms with E-state index in [9.17, 15) is 4.79 Å². The van der Waals surface area contributed by atoms with Gasteiger partial charge in [-0.3, -0.25) is 4.79 Å². The Kier molecular flexibility index (Phi) is 7.30.